The lowest BCUT2D eigenvalue weighted by Crippen LogP contribution is -1.92. The van der Waals surface area contributed by atoms with Gasteiger partial charge in [-0.3, -0.25) is 4.79 Å². The van der Waals surface area contributed by atoms with Gasteiger partial charge in [0.15, 0.2) is 5.78 Å². The number of hydrogen-bond acceptors (Lipinski definition) is 4. The molecule has 1 heterocycles. The molecule has 1 aromatic heterocycles. The van der Waals surface area contributed by atoms with Crippen molar-refractivity contribution in [3.8, 4) is 16.3 Å². The van der Waals surface area contributed by atoms with Gasteiger partial charge in [-0.25, -0.2) is 4.98 Å². The zero-order chi connectivity index (χ0) is 12.4. The molecule has 0 N–H and O–H groups in total. The number of thiazole rings is 1. The van der Waals surface area contributed by atoms with E-state index < -0.39 is 0 Å². The molecule has 0 aliphatic rings. The van der Waals surface area contributed by atoms with Crippen LogP contribution < -0.4 is 4.74 Å². The standard InChI is InChI=1S/C13H13NO2S/c1-8-4-5-12(16-3)10(6-8)13-14-11(7-17-13)9(2)15/h4-7H,1-3H3. The van der Waals surface area contributed by atoms with Crippen LogP contribution in [0.15, 0.2) is 23.6 Å². The van der Waals surface area contributed by atoms with Gasteiger partial charge in [0, 0.05) is 12.3 Å². The van der Waals surface area contributed by atoms with Crippen molar-refractivity contribution in [2.24, 2.45) is 0 Å². The summed E-state index contributed by atoms with van der Waals surface area (Å²) in [6, 6.07) is 5.92. The third kappa shape index (κ3) is 2.36. The van der Waals surface area contributed by atoms with E-state index in [-0.39, 0.29) is 5.78 Å². The van der Waals surface area contributed by atoms with Crippen molar-refractivity contribution >= 4 is 17.1 Å². The number of benzene rings is 1. The highest BCUT2D eigenvalue weighted by atomic mass is 32.1. The Morgan fingerprint density at radius 2 is 2.18 bits per heavy atom. The van der Waals surface area contributed by atoms with Crippen LogP contribution in [0.5, 0.6) is 5.75 Å². The van der Waals surface area contributed by atoms with Crippen molar-refractivity contribution in [1.29, 1.82) is 0 Å². The summed E-state index contributed by atoms with van der Waals surface area (Å²) < 4.78 is 5.31. The van der Waals surface area contributed by atoms with E-state index in [1.54, 1.807) is 12.5 Å². The molecule has 3 nitrogen and oxygen atoms in total. The third-order valence-electron chi connectivity index (χ3n) is 2.45. The summed E-state index contributed by atoms with van der Waals surface area (Å²) in [4.78, 5) is 15.5. The fourth-order valence-electron chi connectivity index (χ4n) is 1.55. The van der Waals surface area contributed by atoms with Crippen molar-refractivity contribution in [2.75, 3.05) is 7.11 Å². The van der Waals surface area contributed by atoms with Crippen LogP contribution in [0.25, 0.3) is 10.6 Å². The molecule has 17 heavy (non-hydrogen) atoms. The maximum atomic E-state index is 11.2. The van der Waals surface area contributed by atoms with E-state index in [0.717, 1.165) is 21.9 Å². The average Bonchev–Trinajstić information content (AvgIpc) is 2.78. The van der Waals surface area contributed by atoms with Gasteiger partial charge in [-0.1, -0.05) is 11.6 Å². The topological polar surface area (TPSA) is 39.2 Å². The SMILES string of the molecule is COc1ccc(C)cc1-c1nc(C(C)=O)cs1. The Labute approximate surface area is 104 Å². The van der Waals surface area contributed by atoms with Crippen LogP contribution in [0.3, 0.4) is 0 Å². The summed E-state index contributed by atoms with van der Waals surface area (Å²) in [6.07, 6.45) is 0. The molecule has 0 saturated heterocycles. The minimum Gasteiger partial charge on any atom is -0.496 e. The largest absolute Gasteiger partial charge is 0.496 e. The molecule has 0 aliphatic heterocycles. The van der Waals surface area contributed by atoms with Crippen molar-refractivity contribution in [3.05, 3.63) is 34.8 Å². The summed E-state index contributed by atoms with van der Waals surface area (Å²) in [5, 5.41) is 2.59. The van der Waals surface area contributed by atoms with Gasteiger partial charge in [-0.05, 0) is 19.1 Å². The van der Waals surface area contributed by atoms with Gasteiger partial charge in [-0.15, -0.1) is 11.3 Å². The van der Waals surface area contributed by atoms with Crippen LogP contribution >= 0.6 is 11.3 Å². The molecule has 0 spiro atoms. The summed E-state index contributed by atoms with van der Waals surface area (Å²) in [6.45, 7) is 3.54. The summed E-state index contributed by atoms with van der Waals surface area (Å²) >= 11 is 1.46. The van der Waals surface area contributed by atoms with Gasteiger partial charge in [-0.2, -0.15) is 0 Å². The zero-order valence-corrected chi connectivity index (χ0v) is 10.8. The van der Waals surface area contributed by atoms with Gasteiger partial charge in [0.1, 0.15) is 16.5 Å². The molecule has 0 fully saturated rings. The average molecular weight is 247 g/mol. The van der Waals surface area contributed by atoms with Crippen LogP contribution in [-0.4, -0.2) is 17.9 Å². The Hall–Kier alpha value is -1.68. The first-order valence-corrected chi connectivity index (χ1v) is 6.11. The van der Waals surface area contributed by atoms with Crippen LogP contribution in [0.4, 0.5) is 0 Å². The molecule has 0 atom stereocenters. The molecular weight excluding hydrogens is 234 g/mol. The number of ketones is 1. The number of Topliss-reactive ketones (excluding diaryl/α,β-unsaturated/α-hetero) is 1. The molecular formula is C13H13NO2S. The zero-order valence-electron chi connectivity index (χ0n) is 9.98. The number of aryl methyl sites for hydroxylation is 1. The summed E-state index contributed by atoms with van der Waals surface area (Å²) in [7, 11) is 1.63. The molecule has 0 radical (unpaired) electrons. The maximum Gasteiger partial charge on any atom is 0.178 e. The van der Waals surface area contributed by atoms with Crippen LogP contribution in [0.1, 0.15) is 23.0 Å². The maximum absolute atomic E-state index is 11.2. The smallest absolute Gasteiger partial charge is 0.178 e. The number of methoxy groups -OCH3 is 1. The van der Waals surface area contributed by atoms with Gasteiger partial charge in [0.05, 0.1) is 12.7 Å². The third-order valence-corrected chi connectivity index (χ3v) is 3.33. The predicted octanol–water partition coefficient (Wildman–Crippen LogP) is 3.33. The molecule has 0 bridgehead atoms. The second kappa shape index (κ2) is 4.67. The van der Waals surface area contributed by atoms with Crippen molar-refractivity contribution in [3.63, 3.8) is 0 Å². The minimum absolute atomic E-state index is 0.0147. The van der Waals surface area contributed by atoms with Gasteiger partial charge in [0.2, 0.25) is 0 Å². The van der Waals surface area contributed by atoms with E-state index >= 15 is 0 Å². The number of aromatic nitrogens is 1. The second-order valence-corrected chi connectivity index (χ2v) is 4.66. The Bertz CT molecular complexity index is 560. The first kappa shape index (κ1) is 11.8. The molecule has 0 saturated carbocycles. The lowest BCUT2D eigenvalue weighted by molar-refractivity contribution is 0.101. The highest BCUT2D eigenvalue weighted by Gasteiger charge is 2.12. The lowest BCUT2D eigenvalue weighted by atomic mass is 10.1. The summed E-state index contributed by atoms with van der Waals surface area (Å²) in [5.41, 5.74) is 2.58. The van der Waals surface area contributed by atoms with Crippen LogP contribution in [0.2, 0.25) is 0 Å². The van der Waals surface area contributed by atoms with Gasteiger partial charge in [0.25, 0.3) is 0 Å². The van der Waals surface area contributed by atoms with E-state index in [0.29, 0.717) is 5.69 Å². The van der Waals surface area contributed by atoms with Crippen LogP contribution in [-0.2, 0) is 0 Å². The second-order valence-electron chi connectivity index (χ2n) is 3.80. The molecule has 1 aromatic carbocycles. The predicted molar refractivity (Wildman–Crippen MR) is 68.8 cm³/mol. The normalized spacial score (nSPS) is 10.3. The molecule has 88 valence electrons. The molecule has 0 unspecified atom stereocenters. The van der Waals surface area contributed by atoms with E-state index in [4.69, 9.17) is 4.74 Å². The Kier molecular flexibility index (Phi) is 3.24. The Morgan fingerprint density at radius 3 is 2.76 bits per heavy atom. The van der Waals surface area contributed by atoms with E-state index in [9.17, 15) is 4.79 Å². The van der Waals surface area contributed by atoms with E-state index in [2.05, 4.69) is 4.98 Å². The quantitative estimate of drug-likeness (QED) is 0.781. The van der Waals surface area contributed by atoms with Crippen LogP contribution in [0, 0.1) is 6.92 Å². The van der Waals surface area contributed by atoms with E-state index in [1.807, 2.05) is 25.1 Å². The van der Waals surface area contributed by atoms with Gasteiger partial charge >= 0.3 is 0 Å². The first-order valence-electron chi connectivity index (χ1n) is 5.23. The summed E-state index contributed by atoms with van der Waals surface area (Å²) in [5.74, 6) is 0.763. The molecule has 2 aromatic rings. The number of nitrogens with zero attached hydrogens (tertiary/aromatic N) is 1. The fourth-order valence-corrected chi connectivity index (χ4v) is 2.43. The fraction of sp³-hybridized carbons (Fsp3) is 0.231. The Balaban J connectivity index is 2.51. The minimum atomic E-state index is -0.0147. The van der Waals surface area contributed by atoms with Crippen molar-refractivity contribution < 1.29 is 9.53 Å². The first-order chi connectivity index (χ1) is 8.11. The lowest BCUT2D eigenvalue weighted by Gasteiger charge is -2.06. The molecule has 0 amide bonds. The van der Waals surface area contributed by atoms with E-state index in [1.165, 1.54) is 18.3 Å². The molecule has 0 aliphatic carbocycles. The number of carbonyl (C=O) groups is 1. The highest BCUT2D eigenvalue weighted by Crippen LogP contribution is 2.33. The van der Waals surface area contributed by atoms with Crippen molar-refractivity contribution in [1.82, 2.24) is 4.98 Å². The highest BCUT2D eigenvalue weighted by molar-refractivity contribution is 7.13. The molecule has 2 rings (SSSR count). The monoisotopic (exact) mass is 247 g/mol. The number of carbonyl (C=O) groups excluding carboxylic acids is 1. The van der Waals surface area contributed by atoms with Crippen molar-refractivity contribution in [2.45, 2.75) is 13.8 Å². The van der Waals surface area contributed by atoms with Gasteiger partial charge < -0.3 is 4.74 Å². The molecule has 4 heteroatoms. The number of rotatable bonds is 3. The number of ether oxygens (including phenoxy) is 1. The Morgan fingerprint density at radius 1 is 1.41 bits per heavy atom. The number of hydrogen-bond donors (Lipinski definition) is 0.